The molecule has 9 heteroatoms. The van der Waals surface area contributed by atoms with E-state index in [1.807, 2.05) is 11.9 Å². The maximum absolute atomic E-state index is 12.8. The van der Waals surface area contributed by atoms with Gasteiger partial charge < -0.3 is 4.90 Å². The van der Waals surface area contributed by atoms with Gasteiger partial charge in [0.05, 0.1) is 12.4 Å². The van der Waals surface area contributed by atoms with Gasteiger partial charge in [0.15, 0.2) is 5.65 Å². The van der Waals surface area contributed by atoms with Crippen LogP contribution in [0.4, 0.5) is 14.6 Å². The van der Waals surface area contributed by atoms with Crippen LogP contribution in [0.5, 0.6) is 0 Å². The molecule has 5 rings (SSSR count). The largest absolute Gasteiger partial charge is 0.355 e. The minimum atomic E-state index is -2.47. The van der Waals surface area contributed by atoms with Crippen LogP contribution in [0.3, 0.4) is 0 Å². The zero-order valence-corrected chi connectivity index (χ0v) is 16.9. The highest BCUT2D eigenvalue weighted by Gasteiger charge is 2.48. The molecule has 29 heavy (non-hydrogen) atoms. The van der Waals surface area contributed by atoms with Crippen molar-refractivity contribution < 1.29 is 8.78 Å². The summed E-state index contributed by atoms with van der Waals surface area (Å²) in [5.41, 5.74) is 2.52. The Hall–Kier alpha value is -2.26. The minimum absolute atomic E-state index is 0.275. The van der Waals surface area contributed by atoms with Crippen LogP contribution in [0.1, 0.15) is 12.0 Å². The van der Waals surface area contributed by atoms with E-state index in [4.69, 9.17) is 0 Å². The van der Waals surface area contributed by atoms with Crippen molar-refractivity contribution in [3.05, 3.63) is 42.2 Å². The number of aromatic nitrogens is 4. The molecule has 0 atom stereocenters. The van der Waals surface area contributed by atoms with Gasteiger partial charge in [0.25, 0.3) is 6.43 Å². The number of halogens is 2. The van der Waals surface area contributed by atoms with Gasteiger partial charge >= 0.3 is 0 Å². The number of anilines is 1. The highest BCUT2D eigenvalue weighted by Crippen LogP contribution is 2.45. The summed E-state index contributed by atoms with van der Waals surface area (Å²) < 4.78 is 29.2. The molecule has 0 saturated carbocycles. The van der Waals surface area contributed by atoms with Gasteiger partial charge in [-0.05, 0) is 37.4 Å². The van der Waals surface area contributed by atoms with E-state index >= 15 is 0 Å². The molecule has 0 radical (unpaired) electrons. The summed E-state index contributed by atoms with van der Waals surface area (Å²) in [6, 6.07) is 8.62. The number of fused-ring (bicyclic) bond motifs is 1. The van der Waals surface area contributed by atoms with Crippen LogP contribution in [0.15, 0.2) is 41.6 Å². The average molecular weight is 417 g/mol. The summed E-state index contributed by atoms with van der Waals surface area (Å²) >= 11 is 1.81. The number of hydrogen-bond donors (Lipinski definition) is 0. The molecule has 1 aromatic carbocycles. The lowest BCUT2D eigenvalue weighted by Gasteiger charge is -2.47. The number of rotatable bonds is 5. The molecule has 0 unspecified atom stereocenters. The molecule has 2 aliphatic heterocycles. The van der Waals surface area contributed by atoms with Crippen LogP contribution in [0.2, 0.25) is 0 Å². The second-order valence-electron chi connectivity index (χ2n) is 8.03. The van der Waals surface area contributed by atoms with Crippen LogP contribution in [0.25, 0.3) is 11.2 Å². The maximum atomic E-state index is 12.8. The normalized spacial score (nSPS) is 18.8. The first-order valence-corrected chi connectivity index (χ1v) is 10.5. The molecular formula is C20H22F2N6S. The zero-order chi connectivity index (χ0) is 20.0. The quantitative estimate of drug-likeness (QED) is 0.592. The molecule has 152 valence electrons. The van der Waals surface area contributed by atoms with E-state index < -0.39 is 13.0 Å². The molecule has 2 saturated heterocycles. The van der Waals surface area contributed by atoms with E-state index in [1.165, 1.54) is 21.3 Å². The smallest absolute Gasteiger partial charge is 0.258 e. The Balaban J connectivity index is 1.25. The fourth-order valence-electron chi connectivity index (χ4n) is 4.16. The number of benzene rings is 1. The molecule has 2 aliphatic rings. The summed E-state index contributed by atoms with van der Waals surface area (Å²) in [7, 11) is 0. The lowest BCUT2D eigenvalue weighted by Crippen LogP contribution is -2.54. The van der Waals surface area contributed by atoms with Crippen LogP contribution < -0.4 is 4.90 Å². The van der Waals surface area contributed by atoms with Crippen molar-refractivity contribution in [2.75, 3.05) is 31.1 Å². The third-order valence-corrected chi connectivity index (χ3v) is 6.68. The minimum Gasteiger partial charge on any atom is -0.355 e. The van der Waals surface area contributed by atoms with Gasteiger partial charge in [-0.25, -0.2) is 27.7 Å². The monoisotopic (exact) mass is 416 g/mol. The summed E-state index contributed by atoms with van der Waals surface area (Å²) in [4.78, 5) is 12.5. The van der Waals surface area contributed by atoms with Crippen LogP contribution in [0, 0.1) is 12.3 Å². The molecule has 1 spiro atoms. The standard InChI is InChI=1S/C20H22F2N6S/c1-14-2-4-15(5-3-14)29-27-12-20(13-27)6-7-26(11-20)18-9-23-16-8-24-28(10-17(21)22)19(16)25-18/h2-5,8-9,17H,6-7,10-13H2,1H3. The van der Waals surface area contributed by atoms with E-state index in [1.54, 1.807) is 6.20 Å². The first kappa shape index (κ1) is 18.7. The van der Waals surface area contributed by atoms with Gasteiger partial charge in [-0.1, -0.05) is 17.7 Å². The summed E-state index contributed by atoms with van der Waals surface area (Å²) in [5.74, 6) is 0.745. The van der Waals surface area contributed by atoms with E-state index in [9.17, 15) is 8.78 Å². The zero-order valence-electron chi connectivity index (χ0n) is 16.1. The average Bonchev–Trinajstić information content (AvgIpc) is 3.28. The van der Waals surface area contributed by atoms with Gasteiger partial charge in [0.1, 0.15) is 17.9 Å². The Labute approximate surface area is 172 Å². The number of alkyl halides is 2. The molecule has 4 heterocycles. The summed E-state index contributed by atoms with van der Waals surface area (Å²) in [6.45, 7) is 5.55. The lowest BCUT2D eigenvalue weighted by molar-refractivity contribution is 0.105. The number of hydrogen-bond acceptors (Lipinski definition) is 6. The number of nitrogens with zero attached hydrogens (tertiary/aromatic N) is 6. The predicted molar refractivity (Wildman–Crippen MR) is 109 cm³/mol. The Kier molecular flexibility index (Phi) is 4.66. The van der Waals surface area contributed by atoms with Gasteiger partial charge in [0, 0.05) is 36.5 Å². The molecule has 6 nitrogen and oxygen atoms in total. The van der Waals surface area contributed by atoms with Crippen LogP contribution in [-0.4, -0.2) is 56.7 Å². The van der Waals surface area contributed by atoms with Crippen LogP contribution in [-0.2, 0) is 6.54 Å². The Morgan fingerprint density at radius 1 is 1.14 bits per heavy atom. The summed E-state index contributed by atoms with van der Waals surface area (Å²) in [5, 5.41) is 4.00. The Morgan fingerprint density at radius 3 is 2.69 bits per heavy atom. The van der Waals surface area contributed by atoms with E-state index in [-0.39, 0.29) is 5.41 Å². The van der Waals surface area contributed by atoms with Crippen molar-refractivity contribution in [1.29, 1.82) is 0 Å². The second kappa shape index (κ2) is 7.21. The third kappa shape index (κ3) is 3.69. The molecular weight excluding hydrogens is 394 g/mol. The van der Waals surface area contributed by atoms with Crippen molar-refractivity contribution in [2.24, 2.45) is 5.41 Å². The molecule has 0 bridgehead atoms. The Morgan fingerprint density at radius 2 is 1.93 bits per heavy atom. The van der Waals surface area contributed by atoms with Gasteiger partial charge in [-0.3, -0.25) is 0 Å². The second-order valence-corrected chi connectivity index (χ2v) is 9.20. The van der Waals surface area contributed by atoms with Crippen molar-refractivity contribution in [1.82, 2.24) is 24.1 Å². The van der Waals surface area contributed by atoms with E-state index in [0.717, 1.165) is 38.4 Å². The molecule has 0 amide bonds. The Bertz CT molecular complexity index is 1020. The number of aryl methyl sites for hydroxylation is 1. The molecule has 3 aromatic rings. The highest BCUT2D eigenvalue weighted by molar-refractivity contribution is 7.97. The molecule has 2 fully saturated rings. The fourth-order valence-corrected chi connectivity index (χ4v) is 5.39. The van der Waals surface area contributed by atoms with Crippen LogP contribution >= 0.6 is 11.9 Å². The van der Waals surface area contributed by atoms with E-state index in [0.29, 0.717) is 11.2 Å². The van der Waals surface area contributed by atoms with Crippen molar-refractivity contribution in [2.45, 2.75) is 31.2 Å². The predicted octanol–water partition coefficient (Wildman–Crippen LogP) is 3.62. The molecule has 2 aromatic heterocycles. The first-order chi connectivity index (χ1) is 14.0. The molecule has 0 N–H and O–H groups in total. The van der Waals surface area contributed by atoms with E-state index in [2.05, 4.69) is 55.5 Å². The molecule has 0 aliphatic carbocycles. The lowest BCUT2D eigenvalue weighted by atomic mass is 9.81. The topological polar surface area (TPSA) is 50.1 Å². The van der Waals surface area contributed by atoms with Crippen molar-refractivity contribution in [3.8, 4) is 0 Å². The van der Waals surface area contributed by atoms with Gasteiger partial charge in [-0.2, -0.15) is 5.10 Å². The summed E-state index contributed by atoms with van der Waals surface area (Å²) in [6.07, 6.45) is 1.86. The fraction of sp³-hybridized carbons (Fsp3) is 0.450. The van der Waals surface area contributed by atoms with Crippen molar-refractivity contribution >= 4 is 28.9 Å². The van der Waals surface area contributed by atoms with Gasteiger partial charge in [0.2, 0.25) is 0 Å². The van der Waals surface area contributed by atoms with Crippen molar-refractivity contribution in [3.63, 3.8) is 0 Å². The van der Waals surface area contributed by atoms with Gasteiger partial charge in [-0.15, -0.1) is 0 Å². The third-order valence-electron chi connectivity index (χ3n) is 5.68. The maximum Gasteiger partial charge on any atom is 0.258 e. The first-order valence-electron chi connectivity index (χ1n) is 9.71. The highest BCUT2D eigenvalue weighted by atomic mass is 32.2. The SMILES string of the molecule is Cc1ccc(SN2CC3(CCN(c4cnc5cnn(CC(F)F)c5n4)C3)C2)cc1.